The minimum atomic E-state index is -0.0579. The second-order valence-electron chi connectivity index (χ2n) is 4.13. The fraction of sp³-hybridized carbons (Fsp3) is 0.500. The van der Waals surface area contributed by atoms with Crippen molar-refractivity contribution in [2.24, 2.45) is 0 Å². The summed E-state index contributed by atoms with van der Waals surface area (Å²) < 4.78 is 9.93. The summed E-state index contributed by atoms with van der Waals surface area (Å²) >= 11 is 0. The highest BCUT2D eigenvalue weighted by atomic mass is 16.5. The minimum Gasteiger partial charge on any atom is -0.383 e. The zero-order valence-electron chi connectivity index (χ0n) is 11.6. The lowest BCUT2D eigenvalue weighted by Crippen LogP contribution is -2.33. The highest BCUT2D eigenvalue weighted by Crippen LogP contribution is 2.05. The number of ether oxygens (including phenoxy) is 2. The Hall–Kier alpha value is -1.43. The molecule has 0 aliphatic rings. The highest BCUT2D eigenvalue weighted by molar-refractivity contribution is 5.94. The first kappa shape index (κ1) is 15.6. The molecule has 0 fully saturated rings. The molecule has 0 bridgehead atoms. The SMILES string of the molecule is COCCNCCNC(=O)c1ccc(COC)cc1. The van der Waals surface area contributed by atoms with Crippen molar-refractivity contribution in [1.29, 1.82) is 0 Å². The van der Waals surface area contributed by atoms with Gasteiger partial charge in [-0.25, -0.2) is 0 Å². The molecule has 0 aliphatic heterocycles. The van der Waals surface area contributed by atoms with Gasteiger partial charge in [-0.1, -0.05) is 12.1 Å². The van der Waals surface area contributed by atoms with Gasteiger partial charge in [0.25, 0.3) is 5.91 Å². The number of nitrogens with one attached hydrogen (secondary N) is 2. The summed E-state index contributed by atoms with van der Waals surface area (Å²) in [6, 6.07) is 7.41. The van der Waals surface area contributed by atoms with Crippen LogP contribution in [-0.4, -0.2) is 46.4 Å². The molecule has 19 heavy (non-hydrogen) atoms. The van der Waals surface area contributed by atoms with E-state index in [0.29, 0.717) is 25.3 Å². The number of rotatable bonds is 9. The molecule has 1 rings (SSSR count). The molecule has 0 radical (unpaired) electrons. The first-order valence-electron chi connectivity index (χ1n) is 6.33. The zero-order valence-corrected chi connectivity index (χ0v) is 11.6. The van der Waals surface area contributed by atoms with Crippen LogP contribution in [0.2, 0.25) is 0 Å². The maximum atomic E-state index is 11.8. The first-order chi connectivity index (χ1) is 9.27. The van der Waals surface area contributed by atoms with Crippen molar-refractivity contribution in [2.75, 3.05) is 40.5 Å². The smallest absolute Gasteiger partial charge is 0.251 e. The second-order valence-corrected chi connectivity index (χ2v) is 4.13. The van der Waals surface area contributed by atoms with Gasteiger partial charge in [-0.2, -0.15) is 0 Å². The van der Waals surface area contributed by atoms with Gasteiger partial charge in [0.2, 0.25) is 0 Å². The van der Waals surface area contributed by atoms with Crippen LogP contribution in [0.1, 0.15) is 15.9 Å². The van der Waals surface area contributed by atoms with E-state index in [1.165, 1.54) is 0 Å². The summed E-state index contributed by atoms with van der Waals surface area (Å²) in [6.07, 6.45) is 0. The van der Waals surface area contributed by atoms with E-state index in [9.17, 15) is 4.79 Å². The molecule has 0 unspecified atom stereocenters. The summed E-state index contributed by atoms with van der Waals surface area (Å²) in [5, 5.41) is 6.02. The van der Waals surface area contributed by atoms with Crippen LogP contribution in [0.15, 0.2) is 24.3 Å². The molecule has 2 N–H and O–H groups in total. The molecule has 0 saturated carbocycles. The molecule has 106 valence electrons. The Bertz CT molecular complexity index is 365. The van der Waals surface area contributed by atoms with Crippen LogP contribution in [0.5, 0.6) is 0 Å². The molecule has 1 aromatic carbocycles. The van der Waals surface area contributed by atoms with Crippen LogP contribution in [0.25, 0.3) is 0 Å². The van der Waals surface area contributed by atoms with Crippen molar-refractivity contribution >= 4 is 5.91 Å². The van der Waals surface area contributed by atoms with Gasteiger partial charge in [0.15, 0.2) is 0 Å². The molecular formula is C14H22N2O3. The van der Waals surface area contributed by atoms with E-state index in [4.69, 9.17) is 9.47 Å². The lowest BCUT2D eigenvalue weighted by atomic mass is 10.1. The number of benzene rings is 1. The number of carbonyl (C=O) groups is 1. The topological polar surface area (TPSA) is 59.6 Å². The molecule has 5 heteroatoms. The van der Waals surface area contributed by atoms with E-state index in [0.717, 1.165) is 18.7 Å². The maximum Gasteiger partial charge on any atom is 0.251 e. The Labute approximate surface area is 114 Å². The van der Waals surface area contributed by atoms with Gasteiger partial charge in [-0.15, -0.1) is 0 Å². The number of methoxy groups -OCH3 is 2. The molecule has 0 aliphatic carbocycles. The standard InChI is InChI=1S/C14H22N2O3/c1-18-10-9-15-7-8-16-14(17)13-5-3-12(4-6-13)11-19-2/h3-6,15H,7-11H2,1-2H3,(H,16,17). The monoisotopic (exact) mass is 266 g/mol. The summed E-state index contributed by atoms with van der Waals surface area (Å²) in [5.41, 5.74) is 1.72. The quantitative estimate of drug-likeness (QED) is 0.649. The molecule has 5 nitrogen and oxygen atoms in total. The Kier molecular flexibility index (Phi) is 7.81. The summed E-state index contributed by atoms with van der Waals surface area (Å²) in [6.45, 7) is 3.36. The molecule has 0 spiro atoms. The Morgan fingerprint density at radius 2 is 1.79 bits per heavy atom. The van der Waals surface area contributed by atoms with Crippen molar-refractivity contribution in [3.8, 4) is 0 Å². The normalized spacial score (nSPS) is 10.4. The van der Waals surface area contributed by atoms with E-state index in [2.05, 4.69) is 10.6 Å². The molecule has 0 aromatic heterocycles. The average Bonchev–Trinajstić information content (AvgIpc) is 2.43. The average molecular weight is 266 g/mol. The van der Waals surface area contributed by atoms with Crippen LogP contribution in [0, 0.1) is 0 Å². The van der Waals surface area contributed by atoms with E-state index >= 15 is 0 Å². The van der Waals surface area contributed by atoms with Crippen molar-refractivity contribution in [3.05, 3.63) is 35.4 Å². The van der Waals surface area contributed by atoms with Crippen LogP contribution in [0.4, 0.5) is 0 Å². The fourth-order valence-corrected chi connectivity index (χ4v) is 1.58. The minimum absolute atomic E-state index is 0.0579. The van der Waals surface area contributed by atoms with Gasteiger partial charge < -0.3 is 20.1 Å². The van der Waals surface area contributed by atoms with Crippen molar-refractivity contribution in [1.82, 2.24) is 10.6 Å². The number of hydrogen-bond donors (Lipinski definition) is 2. The van der Waals surface area contributed by atoms with E-state index in [-0.39, 0.29) is 5.91 Å². The summed E-state index contributed by atoms with van der Waals surface area (Å²) in [5.74, 6) is -0.0579. The van der Waals surface area contributed by atoms with Crippen LogP contribution >= 0.6 is 0 Å². The molecular weight excluding hydrogens is 244 g/mol. The Morgan fingerprint density at radius 1 is 1.05 bits per heavy atom. The molecule has 1 aromatic rings. The maximum absolute atomic E-state index is 11.8. The van der Waals surface area contributed by atoms with E-state index in [1.54, 1.807) is 14.2 Å². The molecule has 0 saturated heterocycles. The van der Waals surface area contributed by atoms with E-state index < -0.39 is 0 Å². The third-order valence-electron chi connectivity index (χ3n) is 2.60. The summed E-state index contributed by atoms with van der Waals surface area (Å²) in [4.78, 5) is 11.8. The summed E-state index contributed by atoms with van der Waals surface area (Å²) in [7, 11) is 3.31. The molecule has 1 amide bonds. The highest BCUT2D eigenvalue weighted by Gasteiger charge is 2.04. The third-order valence-corrected chi connectivity index (χ3v) is 2.60. The van der Waals surface area contributed by atoms with E-state index in [1.807, 2.05) is 24.3 Å². The number of amides is 1. The van der Waals surface area contributed by atoms with Gasteiger partial charge in [0.05, 0.1) is 13.2 Å². The van der Waals surface area contributed by atoms with Gasteiger partial charge >= 0.3 is 0 Å². The number of hydrogen-bond acceptors (Lipinski definition) is 4. The van der Waals surface area contributed by atoms with Crippen LogP contribution < -0.4 is 10.6 Å². The lowest BCUT2D eigenvalue weighted by molar-refractivity contribution is 0.0953. The van der Waals surface area contributed by atoms with Crippen LogP contribution in [-0.2, 0) is 16.1 Å². The van der Waals surface area contributed by atoms with Crippen molar-refractivity contribution in [3.63, 3.8) is 0 Å². The first-order valence-corrected chi connectivity index (χ1v) is 6.33. The second kappa shape index (κ2) is 9.49. The van der Waals surface area contributed by atoms with Crippen molar-refractivity contribution in [2.45, 2.75) is 6.61 Å². The molecule has 0 heterocycles. The Balaban J connectivity index is 2.25. The van der Waals surface area contributed by atoms with Gasteiger partial charge in [-0.05, 0) is 17.7 Å². The van der Waals surface area contributed by atoms with Gasteiger partial charge in [-0.3, -0.25) is 4.79 Å². The van der Waals surface area contributed by atoms with Crippen molar-refractivity contribution < 1.29 is 14.3 Å². The third kappa shape index (κ3) is 6.33. The number of carbonyl (C=O) groups excluding carboxylic acids is 1. The lowest BCUT2D eigenvalue weighted by Gasteiger charge is -2.07. The van der Waals surface area contributed by atoms with Gasteiger partial charge in [0, 0.05) is 39.4 Å². The zero-order chi connectivity index (χ0) is 13.9. The predicted octanol–water partition coefficient (Wildman–Crippen LogP) is 0.799. The van der Waals surface area contributed by atoms with Crippen LogP contribution in [0.3, 0.4) is 0 Å². The Morgan fingerprint density at radius 3 is 2.42 bits per heavy atom. The fourth-order valence-electron chi connectivity index (χ4n) is 1.58. The molecule has 0 atom stereocenters. The van der Waals surface area contributed by atoms with Gasteiger partial charge in [0.1, 0.15) is 0 Å². The largest absolute Gasteiger partial charge is 0.383 e. The predicted molar refractivity (Wildman–Crippen MR) is 74.2 cm³/mol.